The number of aromatic nitrogens is 1. The van der Waals surface area contributed by atoms with Gasteiger partial charge in [0.1, 0.15) is 11.9 Å². The molecule has 1 aromatic heterocycles. The van der Waals surface area contributed by atoms with Gasteiger partial charge in [-0.3, -0.25) is 4.57 Å². The molecule has 1 aromatic carbocycles. The average molecular weight is 267 g/mol. The lowest BCUT2D eigenvalue weighted by Gasteiger charge is -2.10. The molecule has 0 unspecified atom stereocenters. The molecular formula is C17H21N3. The van der Waals surface area contributed by atoms with Crippen LogP contribution in [0.15, 0.2) is 24.3 Å². The monoisotopic (exact) mass is 267 g/mol. The van der Waals surface area contributed by atoms with Gasteiger partial charge in [-0.15, -0.1) is 0 Å². The molecule has 0 aliphatic carbocycles. The minimum absolute atomic E-state index is 0.531. The number of rotatable bonds is 4. The summed E-state index contributed by atoms with van der Waals surface area (Å²) in [5, 5.41) is 9.18. The van der Waals surface area contributed by atoms with Crippen molar-refractivity contribution in [1.29, 1.82) is 5.26 Å². The van der Waals surface area contributed by atoms with Crippen LogP contribution in [0, 0.1) is 25.2 Å². The fraction of sp³-hybridized carbons (Fsp3) is 0.353. The van der Waals surface area contributed by atoms with Crippen molar-refractivity contribution in [3.05, 3.63) is 46.6 Å². The Bertz CT molecular complexity index is 642. The van der Waals surface area contributed by atoms with Gasteiger partial charge in [0.2, 0.25) is 0 Å². The van der Waals surface area contributed by atoms with Crippen molar-refractivity contribution in [2.45, 2.75) is 40.0 Å². The summed E-state index contributed by atoms with van der Waals surface area (Å²) < 4.78 is 1.96. The van der Waals surface area contributed by atoms with Gasteiger partial charge in [-0.25, -0.2) is 0 Å². The first-order chi connectivity index (χ1) is 9.60. The molecule has 0 spiro atoms. The predicted molar refractivity (Wildman–Crippen MR) is 83.0 cm³/mol. The maximum Gasteiger partial charge on any atom is 0.126 e. The summed E-state index contributed by atoms with van der Waals surface area (Å²) in [6.45, 7) is 6.14. The maximum atomic E-state index is 9.18. The Balaban J connectivity index is 2.40. The van der Waals surface area contributed by atoms with Crippen LogP contribution in [-0.2, 0) is 6.42 Å². The summed E-state index contributed by atoms with van der Waals surface area (Å²) in [5.41, 5.74) is 11.0. The topological polar surface area (TPSA) is 54.7 Å². The third kappa shape index (κ3) is 2.42. The van der Waals surface area contributed by atoms with E-state index in [0.717, 1.165) is 23.4 Å². The number of nitrogens with two attached hydrogens (primary N) is 1. The zero-order chi connectivity index (χ0) is 14.7. The molecule has 2 rings (SSSR count). The lowest BCUT2D eigenvalue weighted by molar-refractivity contribution is 0.794. The number of unbranched alkanes of at least 4 members (excludes halogenated alkanes) is 1. The van der Waals surface area contributed by atoms with E-state index < -0.39 is 0 Å². The number of benzene rings is 1. The zero-order valence-electron chi connectivity index (χ0n) is 12.4. The van der Waals surface area contributed by atoms with E-state index >= 15 is 0 Å². The van der Waals surface area contributed by atoms with E-state index in [1.165, 1.54) is 18.4 Å². The molecule has 0 bridgehead atoms. The molecule has 0 saturated carbocycles. The van der Waals surface area contributed by atoms with Gasteiger partial charge in [0.15, 0.2) is 0 Å². The molecule has 2 N–H and O–H groups in total. The Morgan fingerprint density at radius 2 is 1.85 bits per heavy atom. The number of hydrogen-bond donors (Lipinski definition) is 1. The normalized spacial score (nSPS) is 10.5. The first-order valence-corrected chi connectivity index (χ1v) is 7.07. The highest BCUT2D eigenvalue weighted by atomic mass is 15.1. The highest BCUT2D eigenvalue weighted by Crippen LogP contribution is 2.27. The SMILES string of the molecule is CCCCc1ccc(-n2c(C)c(C)c(C#N)c2N)cc1. The molecule has 2 aromatic rings. The Morgan fingerprint density at radius 3 is 2.35 bits per heavy atom. The first kappa shape index (κ1) is 14.2. The molecule has 0 fully saturated rings. The first-order valence-electron chi connectivity index (χ1n) is 7.07. The van der Waals surface area contributed by atoms with Crippen molar-refractivity contribution in [2.75, 3.05) is 5.73 Å². The van der Waals surface area contributed by atoms with Crippen molar-refractivity contribution >= 4 is 5.82 Å². The van der Waals surface area contributed by atoms with Crippen LogP contribution in [0.2, 0.25) is 0 Å². The number of nitriles is 1. The van der Waals surface area contributed by atoms with Crippen LogP contribution in [0.5, 0.6) is 0 Å². The number of aryl methyl sites for hydroxylation is 1. The van der Waals surface area contributed by atoms with E-state index in [4.69, 9.17) is 5.73 Å². The lowest BCUT2D eigenvalue weighted by Crippen LogP contribution is -2.02. The van der Waals surface area contributed by atoms with E-state index in [1.54, 1.807) is 0 Å². The molecule has 104 valence electrons. The number of nitrogens with zero attached hydrogens (tertiary/aromatic N) is 2. The lowest BCUT2D eigenvalue weighted by atomic mass is 10.1. The summed E-state index contributed by atoms with van der Waals surface area (Å²) in [6, 6.07) is 10.6. The van der Waals surface area contributed by atoms with Crippen LogP contribution in [0.25, 0.3) is 5.69 Å². The molecule has 0 aliphatic heterocycles. The molecule has 1 heterocycles. The van der Waals surface area contributed by atoms with Crippen LogP contribution in [0.4, 0.5) is 5.82 Å². The van der Waals surface area contributed by atoms with E-state index in [9.17, 15) is 5.26 Å². The van der Waals surface area contributed by atoms with Gasteiger partial charge >= 0.3 is 0 Å². The summed E-state index contributed by atoms with van der Waals surface area (Å²) >= 11 is 0. The van der Waals surface area contributed by atoms with Crippen molar-refractivity contribution in [3.63, 3.8) is 0 Å². The number of anilines is 1. The zero-order valence-corrected chi connectivity index (χ0v) is 12.4. The third-order valence-corrected chi connectivity index (χ3v) is 3.88. The fourth-order valence-corrected chi connectivity index (χ4v) is 2.50. The summed E-state index contributed by atoms with van der Waals surface area (Å²) in [5.74, 6) is 0.531. The van der Waals surface area contributed by atoms with Crippen LogP contribution in [-0.4, -0.2) is 4.57 Å². The molecule has 0 saturated heterocycles. The van der Waals surface area contributed by atoms with Crippen molar-refractivity contribution in [2.24, 2.45) is 0 Å². The summed E-state index contributed by atoms with van der Waals surface area (Å²) in [4.78, 5) is 0. The average Bonchev–Trinajstić information content (AvgIpc) is 2.67. The van der Waals surface area contributed by atoms with Crippen molar-refractivity contribution in [1.82, 2.24) is 4.57 Å². The van der Waals surface area contributed by atoms with Gasteiger partial charge in [0.05, 0.1) is 5.56 Å². The third-order valence-electron chi connectivity index (χ3n) is 3.88. The highest BCUT2D eigenvalue weighted by Gasteiger charge is 2.15. The van der Waals surface area contributed by atoms with Gasteiger partial charge < -0.3 is 5.73 Å². The Morgan fingerprint density at radius 1 is 1.20 bits per heavy atom. The molecule has 0 aliphatic rings. The van der Waals surface area contributed by atoms with E-state index in [2.05, 4.69) is 37.3 Å². The van der Waals surface area contributed by atoms with Crippen LogP contribution < -0.4 is 5.73 Å². The number of hydrogen-bond acceptors (Lipinski definition) is 2. The van der Waals surface area contributed by atoms with Gasteiger partial charge in [-0.1, -0.05) is 25.5 Å². The molecule has 0 amide bonds. The Labute approximate surface area is 120 Å². The molecule has 3 nitrogen and oxygen atoms in total. The summed E-state index contributed by atoms with van der Waals surface area (Å²) in [6.07, 6.45) is 3.53. The quantitative estimate of drug-likeness (QED) is 0.913. The van der Waals surface area contributed by atoms with Gasteiger partial charge in [-0.2, -0.15) is 5.26 Å². The second-order valence-corrected chi connectivity index (χ2v) is 5.19. The van der Waals surface area contributed by atoms with E-state index in [1.807, 2.05) is 18.4 Å². The molecule has 20 heavy (non-hydrogen) atoms. The smallest absolute Gasteiger partial charge is 0.126 e. The van der Waals surface area contributed by atoms with Gasteiger partial charge in [-0.05, 0) is 49.9 Å². The summed E-state index contributed by atoms with van der Waals surface area (Å²) in [7, 11) is 0. The standard InChI is InChI=1S/C17H21N3/c1-4-5-6-14-7-9-15(10-8-14)20-13(3)12(2)16(11-18)17(20)19/h7-10H,4-6,19H2,1-3H3. The van der Waals surface area contributed by atoms with Crippen molar-refractivity contribution < 1.29 is 0 Å². The Hall–Kier alpha value is -2.21. The highest BCUT2D eigenvalue weighted by molar-refractivity contribution is 5.62. The second kappa shape index (κ2) is 5.83. The fourth-order valence-electron chi connectivity index (χ4n) is 2.50. The number of nitrogen functional groups attached to an aromatic ring is 1. The largest absolute Gasteiger partial charge is 0.384 e. The van der Waals surface area contributed by atoms with Gasteiger partial charge in [0.25, 0.3) is 0 Å². The molecule has 0 atom stereocenters. The van der Waals surface area contributed by atoms with E-state index in [-0.39, 0.29) is 0 Å². The van der Waals surface area contributed by atoms with Crippen LogP contribution >= 0.6 is 0 Å². The predicted octanol–water partition coefficient (Wildman–Crippen LogP) is 3.89. The van der Waals surface area contributed by atoms with Crippen LogP contribution in [0.3, 0.4) is 0 Å². The van der Waals surface area contributed by atoms with E-state index in [0.29, 0.717) is 11.4 Å². The Kier molecular flexibility index (Phi) is 4.14. The van der Waals surface area contributed by atoms with Gasteiger partial charge in [0, 0.05) is 11.4 Å². The minimum Gasteiger partial charge on any atom is -0.384 e. The second-order valence-electron chi connectivity index (χ2n) is 5.19. The maximum absolute atomic E-state index is 9.18. The molecule has 0 radical (unpaired) electrons. The molecular weight excluding hydrogens is 246 g/mol. The molecule has 3 heteroatoms. The minimum atomic E-state index is 0.531. The van der Waals surface area contributed by atoms with Crippen LogP contribution in [0.1, 0.15) is 42.1 Å². The van der Waals surface area contributed by atoms with Crippen molar-refractivity contribution in [3.8, 4) is 11.8 Å².